The molecule has 0 aliphatic carbocycles. The van der Waals surface area contributed by atoms with Gasteiger partial charge in [0.15, 0.2) is 0 Å². The summed E-state index contributed by atoms with van der Waals surface area (Å²) in [5.41, 5.74) is 0. The van der Waals surface area contributed by atoms with Crippen molar-refractivity contribution in [1.29, 1.82) is 0 Å². The molecule has 7 nitrogen and oxygen atoms in total. The highest BCUT2D eigenvalue weighted by Gasteiger charge is 2.25. The maximum absolute atomic E-state index is 12.4. The van der Waals surface area contributed by atoms with Gasteiger partial charge in [0.2, 0.25) is 11.8 Å². The van der Waals surface area contributed by atoms with Crippen molar-refractivity contribution in [3.63, 3.8) is 0 Å². The standard InChI is InChI=1S/C19H29N5O2/c1-15-14-16(5-8-20-15)19(26)22-9-6-18(25)24-12-10-23(11-13-24)17-4-2-3-7-21-17/h2-4,7,15-16,20H,5-6,8-14H2,1H3,(H,22,26)/t15-,16-/m0/s1. The van der Waals surface area contributed by atoms with Crippen molar-refractivity contribution in [2.75, 3.05) is 44.2 Å². The molecule has 3 rings (SSSR count). The number of carbonyl (C=O) groups is 2. The molecule has 0 radical (unpaired) electrons. The van der Waals surface area contributed by atoms with Gasteiger partial charge in [-0.05, 0) is 38.4 Å². The Morgan fingerprint density at radius 1 is 1.27 bits per heavy atom. The van der Waals surface area contributed by atoms with Crippen molar-refractivity contribution >= 4 is 17.6 Å². The van der Waals surface area contributed by atoms with Crippen LogP contribution in [0.3, 0.4) is 0 Å². The second kappa shape index (κ2) is 8.98. The smallest absolute Gasteiger partial charge is 0.224 e. The third kappa shape index (κ3) is 4.94. The lowest BCUT2D eigenvalue weighted by molar-refractivity contribution is -0.131. The van der Waals surface area contributed by atoms with E-state index < -0.39 is 0 Å². The first-order valence-corrected chi connectivity index (χ1v) is 9.58. The van der Waals surface area contributed by atoms with Gasteiger partial charge in [-0.2, -0.15) is 0 Å². The number of pyridine rings is 1. The molecule has 2 saturated heterocycles. The molecule has 142 valence electrons. The van der Waals surface area contributed by atoms with Gasteiger partial charge in [-0.15, -0.1) is 0 Å². The highest BCUT2D eigenvalue weighted by molar-refractivity contribution is 5.80. The van der Waals surface area contributed by atoms with Gasteiger partial charge < -0.3 is 20.4 Å². The molecule has 1 aromatic heterocycles. The third-order valence-electron chi connectivity index (χ3n) is 5.24. The average molecular weight is 359 g/mol. The van der Waals surface area contributed by atoms with E-state index in [0.29, 0.717) is 32.1 Å². The molecule has 2 amide bonds. The van der Waals surface area contributed by atoms with Gasteiger partial charge in [-0.3, -0.25) is 9.59 Å². The molecule has 7 heteroatoms. The Bertz CT molecular complexity index is 601. The molecule has 3 heterocycles. The number of hydrogen-bond donors (Lipinski definition) is 2. The van der Waals surface area contributed by atoms with Crippen LogP contribution in [0.1, 0.15) is 26.2 Å². The topological polar surface area (TPSA) is 77.6 Å². The molecular weight excluding hydrogens is 330 g/mol. The molecule has 26 heavy (non-hydrogen) atoms. The number of piperazine rings is 1. The van der Waals surface area contributed by atoms with Crippen LogP contribution in [-0.4, -0.2) is 67.0 Å². The fourth-order valence-corrected chi connectivity index (χ4v) is 3.69. The normalized spacial score (nSPS) is 23.6. The van der Waals surface area contributed by atoms with Crippen LogP contribution in [0.25, 0.3) is 0 Å². The summed E-state index contributed by atoms with van der Waals surface area (Å²) in [6.07, 6.45) is 3.91. The molecule has 0 aromatic carbocycles. The molecule has 0 bridgehead atoms. The quantitative estimate of drug-likeness (QED) is 0.806. The maximum atomic E-state index is 12.4. The lowest BCUT2D eigenvalue weighted by atomic mass is 9.92. The molecule has 1 aromatic rings. The Labute approximate surface area is 155 Å². The van der Waals surface area contributed by atoms with Crippen molar-refractivity contribution < 1.29 is 9.59 Å². The average Bonchev–Trinajstić information content (AvgIpc) is 2.68. The van der Waals surface area contributed by atoms with Crippen LogP contribution in [-0.2, 0) is 9.59 Å². The predicted octanol–water partition coefficient (Wildman–Crippen LogP) is 0.625. The fourth-order valence-electron chi connectivity index (χ4n) is 3.69. The van der Waals surface area contributed by atoms with E-state index in [1.165, 1.54) is 0 Å². The highest BCUT2D eigenvalue weighted by atomic mass is 16.2. The SMILES string of the molecule is C[C@H]1C[C@@H](C(=O)NCCC(=O)N2CCN(c3ccccn3)CC2)CCN1. The summed E-state index contributed by atoms with van der Waals surface area (Å²) in [6.45, 7) is 6.41. The summed E-state index contributed by atoms with van der Waals surface area (Å²) in [5.74, 6) is 1.24. The second-order valence-corrected chi connectivity index (χ2v) is 7.17. The molecular formula is C19H29N5O2. The number of carbonyl (C=O) groups excluding carboxylic acids is 2. The Morgan fingerprint density at radius 3 is 2.77 bits per heavy atom. The minimum Gasteiger partial charge on any atom is -0.355 e. The minimum absolute atomic E-state index is 0.0725. The van der Waals surface area contributed by atoms with Crippen LogP contribution in [0.2, 0.25) is 0 Å². The molecule has 2 aliphatic rings. The number of aromatic nitrogens is 1. The predicted molar refractivity (Wildman–Crippen MR) is 101 cm³/mol. The molecule has 0 unspecified atom stereocenters. The zero-order chi connectivity index (χ0) is 18.4. The first-order valence-electron chi connectivity index (χ1n) is 9.58. The van der Waals surface area contributed by atoms with Gasteiger partial charge >= 0.3 is 0 Å². The number of anilines is 1. The van der Waals surface area contributed by atoms with Crippen LogP contribution in [0, 0.1) is 5.92 Å². The fraction of sp³-hybridized carbons (Fsp3) is 0.632. The lowest BCUT2D eigenvalue weighted by Crippen LogP contribution is -2.49. The van der Waals surface area contributed by atoms with Crippen LogP contribution in [0.5, 0.6) is 0 Å². The van der Waals surface area contributed by atoms with Crippen LogP contribution in [0.4, 0.5) is 5.82 Å². The van der Waals surface area contributed by atoms with Gasteiger partial charge in [0, 0.05) is 57.3 Å². The summed E-state index contributed by atoms with van der Waals surface area (Å²) in [5, 5.41) is 6.29. The molecule has 2 aliphatic heterocycles. The zero-order valence-electron chi connectivity index (χ0n) is 15.5. The van der Waals surface area contributed by atoms with Gasteiger partial charge in [-0.25, -0.2) is 4.98 Å². The van der Waals surface area contributed by atoms with Gasteiger partial charge in [0.25, 0.3) is 0 Å². The van der Waals surface area contributed by atoms with Crippen molar-refractivity contribution in [3.8, 4) is 0 Å². The van der Waals surface area contributed by atoms with E-state index in [1.807, 2.05) is 23.1 Å². The van der Waals surface area contributed by atoms with Gasteiger partial charge in [0.1, 0.15) is 5.82 Å². The summed E-state index contributed by atoms with van der Waals surface area (Å²) >= 11 is 0. The van der Waals surface area contributed by atoms with E-state index in [1.54, 1.807) is 6.20 Å². The summed E-state index contributed by atoms with van der Waals surface area (Å²) in [7, 11) is 0. The van der Waals surface area contributed by atoms with Crippen LogP contribution >= 0.6 is 0 Å². The number of nitrogens with one attached hydrogen (secondary N) is 2. The highest BCUT2D eigenvalue weighted by Crippen LogP contribution is 2.16. The molecule has 0 spiro atoms. The van der Waals surface area contributed by atoms with Gasteiger partial charge in [-0.1, -0.05) is 6.07 Å². The van der Waals surface area contributed by atoms with E-state index in [9.17, 15) is 9.59 Å². The van der Waals surface area contributed by atoms with Crippen molar-refractivity contribution in [2.45, 2.75) is 32.2 Å². The summed E-state index contributed by atoms with van der Waals surface area (Å²) in [6, 6.07) is 6.26. The molecule has 2 atom stereocenters. The van der Waals surface area contributed by atoms with Crippen LogP contribution < -0.4 is 15.5 Å². The number of hydrogen-bond acceptors (Lipinski definition) is 5. The van der Waals surface area contributed by atoms with E-state index in [0.717, 1.165) is 38.3 Å². The van der Waals surface area contributed by atoms with Crippen molar-refractivity contribution in [1.82, 2.24) is 20.5 Å². The van der Waals surface area contributed by atoms with E-state index in [4.69, 9.17) is 0 Å². The number of piperidine rings is 1. The monoisotopic (exact) mass is 359 g/mol. The largest absolute Gasteiger partial charge is 0.355 e. The first-order chi connectivity index (χ1) is 12.6. The third-order valence-corrected chi connectivity index (χ3v) is 5.24. The Kier molecular flexibility index (Phi) is 6.44. The van der Waals surface area contributed by atoms with E-state index >= 15 is 0 Å². The number of nitrogens with zero attached hydrogens (tertiary/aromatic N) is 3. The summed E-state index contributed by atoms with van der Waals surface area (Å²) in [4.78, 5) is 33.1. The lowest BCUT2D eigenvalue weighted by Gasteiger charge is -2.35. The number of rotatable bonds is 5. The first kappa shape index (κ1) is 18.6. The van der Waals surface area contributed by atoms with Crippen LogP contribution in [0.15, 0.2) is 24.4 Å². The van der Waals surface area contributed by atoms with E-state index in [-0.39, 0.29) is 17.7 Å². The summed E-state index contributed by atoms with van der Waals surface area (Å²) < 4.78 is 0. The van der Waals surface area contributed by atoms with Gasteiger partial charge in [0.05, 0.1) is 0 Å². The molecule has 2 fully saturated rings. The zero-order valence-corrected chi connectivity index (χ0v) is 15.5. The Morgan fingerprint density at radius 2 is 2.08 bits per heavy atom. The maximum Gasteiger partial charge on any atom is 0.224 e. The second-order valence-electron chi connectivity index (χ2n) is 7.17. The minimum atomic E-state index is 0.0725. The van der Waals surface area contributed by atoms with Crippen molar-refractivity contribution in [3.05, 3.63) is 24.4 Å². The molecule has 2 N–H and O–H groups in total. The Balaban J connectivity index is 1.36. The Hall–Kier alpha value is -2.15. The number of amides is 2. The van der Waals surface area contributed by atoms with Crippen molar-refractivity contribution in [2.24, 2.45) is 5.92 Å². The molecule has 0 saturated carbocycles. The van der Waals surface area contributed by atoms with E-state index in [2.05, 4.69) is 27.4 Å².